The van der Waals surface area contributed by atoms with Crippen LogP contribution in [0.2, 0.25) is 0 Å². The molecule has 0 rings (SSSR count). The third kappa shape index (κ3) is 5.05. The van der Waals surface area contributed by atoms with E-state index in [-0.39, 0.29) is 11.8 Å². The molecule has 0 saturated carbocycles. The standard InChI is InChI=1S/C12H22O2/c1-4-6-7-9-10(3)11(8-5-2)12(13)14/h5,10-11H,2,4,6-9H2,1,3H3,(H,13,14). The molecule has 0 saturated heterocycles. The van der Waals surface area contributed by atoms with Crippen molar-refractivity contribution in [2.24, 2.45) is 11.8 Å². The number of allylic oxidation sites excluding steroid dienone is 1. The average Bonchev–Trinajstić information content (AvgIpc) is 2.13. The minimum atomic E-state index is -0.686. The van der Waals surface area contributed by atoms with Gasteiger partial charge in [0.1, 0.15) is 0 Å². The van der Waals surface area contributed by atoms with Crippen molar-refractivity contribution in [2.75, 3.05) is 0 Å². The Labute approximate surface area is 87.0 Å². The Morgan fingerprint density at radius 2 is 2.14 bits per heavy atom. The Bertz CT molecular complexity index is 175. The van der Waals surface area contributed by atoms with Gasteiger partial charge in [-0.2, -0.15) is 0 Å². The lowest BCUT2D eigenvalue weighted by atomic mass is 9.87. The fourth-order valence-corrected chi connectivity index (χ4v) is 1.67. The van der Waals surface area contributed by atoms with Crippen LogP contribution in [0.15, 0.2) is 12.7 Å². The van der Waals surface area contributed by atoms with Crippen molar-refractivity contribution in [3.8, 4) is 0 Å². The molecule has 0 amide bonds. The first kappa shape index (κ1) is 13.2. The first-order chi connectivity index (χ1) is 6.63. The predicted octanol–water partition coefficient (Wildman–Crippen LogP) is 3.48. The van der Waals surface area contributed by atoms with Crippen LogP contribution in [0.1, 0.15) is 46.0 Å². The fraction of sp³-hybridized carbons (Fsp3) is 0.750. The Morgan fingerprint density at radius 3 is 2.57 bits per heavy atom. The molecule has 0 aromatic rings. The zero-order chi connectivity index (χ0) is 11.0. The lowest BCUT2D eigenvalue weighted by Gasteiger charge is -2.18. The molecule has 0 fully saturated rings. The van der Waals surface area contributed by atoms with Gasteiger partial charge in [-0.15, -0.1) is 6.58 Å². The molecule has 14 heavy (non-hydrogen) atoms. The summed E-state index contributed by atoms with van der Waals surface area (Å²) in [7, 11) is 0. The van der Waals surface area contributed by atoms with Gasteiger partial charge in [0.05, 0.1) is 5.92 Å². The fourth-order valence-electron chi connectivity index (χ4n) is 1.67. The van der Waals surface area contributed by atoms with E-state index in [4.69, 9.17) is 5.11 Å². The summed E-state index contributed by atoms with van der Waals surface area (Å²) in [5.41, 5.74) is 0. The van der Waals surface area contributed by atoms with Gasteiger partial charge in [-0.05, 0) is 18.8 Å². The summed E-state index contributed by atoms with van der Waals surface area (Å²) >= 11 is 0. The molecule has 0 spiro atoms. The number of hydrogen-bond donors (Lipinski definition) is 1. The predicted molar refractivity (Wildman–Crippen MR) is 59.2 cm³/mol. The smallest absolute Gasteiger partial charge is 0.307 e. The van der Waals surface area contributed by atoms with Crippen molar-refractivity contribution >= 4 is 5.97 Å². The van der Waals surface area contributed by atoms with Crippen LogP contribution in [0.5, 0.6) is 0 Å². The van der Waals surface area contributed by atoms with Gasteiger partial charge in [-0.1, -0.05) is 39.2 Å². The molecular formula is C12H22O2. The Balaban J connectivity index is 3.94. The molecule has 0 aliphatic heterocycles. The number of aliphatic carboxylic acids is 1. The van der Waals surface area contributed by atoms with Crippen molar-refractivity contribution in [3.63, 3.8) is 0 Å². The van der Waals surface area contributed by atoms with Crippen LogP contribution in [0.25, 0.3) is 0 Å². The van der Waals surface area contributed by atoms with Crippen LogP contribution in [0.3, 0.4) is 0 Å². The van der Waals surface area contributed by atoms with Gasteiger partial charge in [0.2, 0.25) is 0 Å². The van der Waals surface area contributed by atoms with E-state index in [2.05, 4.69) is 13.5 Å². The average molecular weight is 198 g/mol. The van der Waals surface area contributed by atoms with Gasteiger partial charge in [-0.25, -0.2) is 0 Å². The summed E-state index contributed by atoms with van der Waals surface area (Å²) < 4.78 is 0. The molecule has 1 N–H and O–H groups in total. The molecule has 0 bridgehead atoms. The van der Waals surface area contributed by atoms with Gasteiger partial charge in [0, 0.05) is 0 Å². The highest BCUT2D eigenvalue weighted by Gasteiger charge is 2.22. The van der Waals surface area contributed by atoms with Crippen molar-refractivity contribution < 1.29 is 9.90 Å². The molecule has 2 heteroatoms. The monoisotopic (exact) mass is 198 g/mol. The molecule has 82 valence electrons. The molecule has 0 aliphatic carbocycles. The highest BCUT2D eigenvalue weighted by molar-refractivity contribution is 5.70. The number of rotatable bonds is 8. The maximum atomic E-state index is 10.9. The van der Waals surface area contributed by atoms with E-state index in [1.807, 2.05) is 6.92 Å². The largest absolute Gasteiger partial charge is 0.481 e. The van der Waals surface area contributed by atoms with E-state index < -0.39 is 5.97 Å². The van der Waals surface area contributed by atoms with E-state index in [9.17, 15) is 4.79 Å². The summed E-state index contributed by atoms with van der Waals surface area (Å²) in [6, 6.07) is 0. The summed E-state index contributed by atoms with van der Waals surface area (Å²) in [5, 5.41) is 8.98. The number of carbonyl (C=O) groups is 1. The third-order valence-corrected chi connectivity index (χ3v) is 2.69. The minimum absolute atomic E-state index is 0.246. The molecule has 0 heterocycles. The molecule has 0 radical (unpaired) electrons. The molecule has 0 aliphatic rings. The van der Waals surface area contributed by atoms with Crippen LogP contribution >= 0.6 is 0 Å². The van der Waals surface area contributed by atoms with Gasteiger partial charge in [0.25, 0.3) is 0 Å². The third-order valence-electron chi connectivity index (χ3n) is 2.69. The highest BCUT2D eigenvalue weighted by Crippen LogP contribution is 2.22. The first-order valence-corrected chi connectivity index (χ1v) is 5.47. The summed E-state index contributed by atoms with van der Waals surface area (Å²) in [6.07, 6.45) is 6.83. The van der Waals surface area contributed by atoms with Crippen molar-refractivity contribution in [2.45, 2.75) is 46.0 Å². The lowest BCUT2D eigenvalue weighted by Crippen LogP contribution is -2.21. The van der Waals surface area contributed by atoms with E-state index in [0.717, 1.165) is 12.8 Å². The maximum Gasteiger partial charge on any atom is 0.307 e. The maximum absolute atomic E-state index is 10.9. The Hall–Kier alpha value is -0.790. The lowest BCUT2D eigenvalue weighted by molar-refractivity contribution is -0.143. The summed E-state index contributed by atoms with van der Waals surface area (Å²) in [6.45, 7) is 7.78. The molecule has 2 atom stereocenters. The van der Waals surface area contributed by atoms with Gasteiger partial charge >= 0.3 is 5.97 Å². The molecule has 2 nitrogen and oxygen atoms in total. The zero-order valence-corrected chi connectivity index (χ0v) is 9.33. The summed E-state index contributed by atoms with van der Waals surface area (Å²) in [4.78, 5) is 10.9. The van der Waals surface area contributed by atoms with Gasteiger partial charge in [0.15, 0.2) is 0 Å². The van der Waals surface area contributed by atoms with Crippen LogP contribution in [0.4, 0.5) is 0 Å². The van der Waals surface area contributed by atoms with E-state index in [1.54, 1.807) is 6.08 Å². The first-order valence-electron chi connectivity index (χ1n) is 5.47. The SMILES string of the molecule is C=CCC(C(=O)O)C(C)CCCCC. The topological polar surface area (TPSA) is 37.3 Å². The molecule has 0 aromatic carbocycles. The van der Waals surface area contributed by atoms with Crippen LogP contribution < -0.4 is 0 Å². The van der Waals surface area contributed by atoms with E-state index >= 15 is 0 Å². The van der Waals surface area contributed by atoms with Crippen LogP contribution in [-0.4, -0.2) is 11.1 Å². The number of unbranched alkanes of at least 4 members (excludes halogenated alkanes) is 2. The molecule has 2 unspecified atom stereocenters. The molecular weight excluding hydrogens is 176 g/mol. The number of carboxylic acids is 1. The normalized spacial score (nSPS) is 14.7. The van der Waals surface area contributed by atoms with Crippen molar-refractivity contribution in [1.29, 1.82) is 0 Å². The Morgan fingerprint density at radius 1 is 1.50 bits per heavy atom. The second kappa shape index (κ2) is 7.60. The highest BCUT2D eigenvalue weighted by atomic mass is 16.4. The summed E-state index contributed by atoms with van der Waals surface area (Å²) in [5.74, 6) is -0.671. The van der Waals surface area contributed by atoms with Crippen LogP contribution in [0, 0.1) is 11.8 Å². The van der Waals surface area contributed by atoms with Crippen molar-refractivity contribution in [3.05, 3.63) is 12.7 Å². The second-order valence-corrected chi connectivity index (χ2v) is 3.94. The number of carboxylic acid groups (broad SMARTS) is 1. The minimum Gasteiger partial charge on any atom is -0.481 e. The second-order valence-electron chi connectivity index (χ2n) is 3.94. The van der Waals surface area contributed by atoms with Gasteiger partial charge in [-0.3, -0.25) is 4.79 Å². The van der Waals surface area contributed by atoms with Crippen molar-refractivity contribution in [1.82, 2.24) is 0 Å². The van der Waals surface area contributed by atoms with Gasteiger partial charge < -0.3 is 5.11 Å². The molecule has 0 aromatic heterocycles. The van der Waals surface area contributed by atoms with E-state index in [0.29, 0.717) is 6.42 Å². The Kier molecular flexibility index (Phi) is 7.17. The number of hydrogen-bond acceptors (Lipinski definition) is 1. The van der Waals surface area contributed by atoms with E-state index in [1.165, 1.54) is 12.8 Å². The zero-order valence-electron chi connectivity index (χ0n) is 9.33. The quantitative estimate of drug-likeness (QED) is 0.479. The van der Waals surface area contributed by atoms with Crippen LogP contribution in [-0.2, 0) is 4.79 Å².